The Morgan fingerprint density at radius 3 is 2.44 bits per heavy atom. The number of sulfone groups is 1. The highest BCUT2D eigenvalue weighted by molar-refractivity contribution is 9.10. The number of hydrogen-bond acceptors (Lipinski definition) is 2. The van der Waals surface area contributed by atoms with Gasteiger partial charge in [-0.05, 0) is 30.7 Å². The van der Waals surface area contributed by atoms with Crippen molar-refractivity contribution in [2.45, 2.75) is 17.6 Å². The highest BCUT2D eigenvalue weighted by Crippen LogP contribution is 2.20. The highest BCUT2D eigenvalue weighted by Gasteiger charge is 2.15. The third-order valence-corrected chi connectivity index (χ3v) is 4.77. The molecule has 2 nitrogen and oxygen atoms in total. The molecule has 0 saturated carbocycles. The zero-order valence-electron chi connectivity index (χ0n) is 9.93. The van der Waals surface area contributed by atoms with Crippen molar-refractivity contribution in [1.82, 2.24) is 0 Å². The van der Waals surface area contributed by atoms with Gasteiger partial charge in [-0.1, -0.05) is 51.8 Å². The molecule has 0 aliphatic heterocycles. The highest BCUT2D eigenvalue weighted by atomic mass is 79.9. The predicted octanol–water partition coefficient (Wildman–Crippen LogP) is 3.73. The minimum absolute atomic E-state index is 0.0329. The lowest BCUT2D eigenvalue weighted by atomic mass is 10.2. The first-order valence-electron chi connectivity index (χ1n) is 5.51. The molecule has 0 N–H and O–H groups in total. The van der Waals surface area contributed by atoms with E-state index in [1.54, 1.807) is 18.2 Å². The molecular weight excluding hydrogens is 312 g/mol. The second kappa shape index (κ2) is 5.24. The molecule has 0 atom stereocenters. The maximum atomic E-state index is 12.2. The lowest BCUT2D eigenvalue weighted by Crippen LogP contribution is -2.05. The van der Waals surface area contributed by atoms with Crippen molar-refractivity contribution in [2.24, 2.45) is 0 Å². The van der Waals surface area contributed by atoms with Crippen LogP contribution in [0.2, 0.25) is 0 Å². The topological polar surface area (TPSA) is 34.1 Å². The minimum Gasteiger partial charge on any atom is -0.223 e. The average Bonchev–Trinajstić information content (AvgIpc) is 2.28. The van der Waals surface area contributed by atoms with Crippen LogP contribution in [0.25, 0.3) is 0 Å². The van der Waals surface area contributed by atoms with Crippen molar-refractivity contribution >= 4 is 25.8 Å². The fraction of sp³-hybridized carbons (Fsp3) is 0.143. The Morgan fingerprint density at radius 2 is 1.78 bits per heavy atom. The second-order valence-corrected chi connectivity index (χ2v) is 7.11. The molecule has 2 aromatic carbocycles. The van der Waals surface area contributed by atoms with E-state index in [1.807, 2.05) is 37.3 Å². The van der Waals surface area contributed by atoms with Gasteiger partial charge in [-0.25, -0.2) is 8.42 Å². The van der Waals surface area contributed by atoms with E-state index in [2.05, 4.69) is 15.9 Å². The molecule has 2 rings (SSSR count). The molecule has 0 saturated heterocycles. The van der Waals surface area contributed by atoms with E-state index in [0.29, 0.717) is 4.90 Å². The van der Waals surface area contributed by atoms with Crippen molar-refractivity contribution in [3.8, 4) is 0 Å². The largest absolute Gasteiger partial charge is 0.223 e. The summed E-state index contributed by atoms with van der Waals surface area (Å²) < 4.78 is 25.3. The summed E-state index contributed by atoms with van der Waals surface area (Å²) in [5, 5.41) is 0. The number of benzene rings is 2. The van der Waals surface area contributed by atoms with Crippen LogP contribution in [-0.4, -0.2) is 8.42 Å². The second-order valence-electron chi connectivity index (χ2n) is 4.21. The van der Waals surface area contributed by atoms with Gasteiger partial charge in [0.05, 0.1) is 10.6 Å². The van der Waals surface area contributed by atoms with Crippen LogP contribution in [0.5, 0.6) is 0 Å². The zero-order valence-corrected chi connectivity index (χ0v) is 12.3. The van der Waals surface area contributed by atoms with E-state index in [-0.39, 0.29) is 5.75 Å². The van der Waals surface area contributed by atoms with Crippen molar-refractivity contribution in [3.63, 3.8) is 0 Å². The summed E-state index contributed by atoms with van der Waals surface area (Å²) in [5.74, 6) is 0.0329. The van der Waals surface area contributed by atoms with E-state index < -0.39 is 9.84 Å². The van der Waals surface area contributed by atoms with Crippen molar-refractivity contribution in [2.75, 3.05) is 0 Å². The molecule has 94 valence electrons. The first kappa shape index (κ1) is 13.3. The number of aryl methyl sites for hydroxylation is 1. The van der Waals surface area contributed by atoms with Gasteiger partial charge in [-0.2, -0.15) is 0 Å². The van der Waals surface area contributed by atoms with Gasteiger partial charge >= 0.3 is 0 Å². The summed E-state index contributed by atoms with van der Waals surface area (Å²) in [6, 6.07) is 14.4. The van der Waals surface area contributed by atoms with Gasteiger partial charge in [0.25, 0.3) is 0 Å². The molecule has 4 heteroatoms. The Bertz CT molecular complexity index is 663. The maximum absolute atomic E-state index is 12.2. The first-order valence-corrected chi connectivity index (χ1v) is 7.96. The summed E-state index contributed by atoms with van der Waals surface area (Å²) in [7, 11) is -3.28. The van der Waals surface area contributed by atoms with Crippen LogP contribution in [0.3, 0.4) is 0 Å². The van der Waals surface area contributed by atoms with Gasteiger partial charge in [0.1, 0.15) is 0 Å². The number of halogens is 1. The zero-order chi connectivity index (χ0) is 13.2. The fourth-order valence-corrected chi connectivity index (χ4v) is 3.69. The quantitative estimate of drug-likeness (QED) is 0.862. The third kappa shape index (κ3) is 3.21. The van der Waals surface area contributed by atoms with Crippen molar-refractivity contribution < 1.29 is 8.42 Å². The van der Waals surface area contributed by atoms with E-state index in [9.17, 15) is 8.42 Å². The summed E-state index contributed by atoms with van der Waals surface area (Å²) in [6.45, 7) is 1.95. The maximum Gasteiger partial charge on any atom is 0.182 e. The fourth-order valence-electron chi connectivity index (χ4n) is 1.77. The molecule has 0 amide bonds. The van der Waals surface area contributed by atoms with Crippen LogP contribution in [0.15, 0.2) is 57.9 Å². The summed E-state index contributed by atoms with van der Waals surface area (Å²) in [4.78, 5) is 0.346. The van der Waals surface area contributed by atoms with E-state index in [1.165, 1.54) is 0 Å². The lowest BCUT2D eigenvalue weighted by Gasteiger charge is -2.06. The van der Waals surface area contributed by atoms with Gasteiger partial charge in [0, 0.05) is 4.47 Å². The molecule has 0 radical (unpaired) electrons. The smallest absolute Gasteiger partial charge is 0.182 e. The molecule has 0 unspecified atom stereocenters. The van der Waals surface area contributed by atoms with E-state index in [4.69, 9.17) is 0 Å². The van der Waals surface area contributed by atoms with Crippen molar-refractivity contribution in [3.05, 3.63) is 64.1 Å². The Morgan fingerprint density at radius 1 is 1.06 bits per heavy atom. The Hall–Kier alpha value is -1.13. The summed E-state index contributed by atoms with van der Waals surface area (Å²) >= 11 is 3.29. The van der Waals surface area contributed by atoms with Crippen LogP contribution >= 0.6 is 15.9 Å². The third-order valence-electron chi connectivity index (χ3n) is 2.59. The Labute approximate surface area is 116 Å². The average molecular weight is 325 g/mol. The molecule has 0 bridgehead atoms. The number of hydrogen-bond donors (Lipinski definition) is 0. The van der Waals surface area contributed by atoms with Crippen LogP contribution in [0.1, 0.15) is 11.1 Å². The first-order chi connectivity index (χ1) is 8.47. The van der Waals surface area contributed by atoms with Gasteiger partial charge in [-0.3, -0.25) is 0 Å². The van der Waals surface area contributed by atoms with Gasteiger partial charge in [0.15, 0.2) is 9.84 Å². The minimum atomic E-state index is -3.28. The van der Waals surface area contributed by atoms with Crippen molar-refractivity contribution in [1.29, 1.82) is 0 Å². The lowest BCUT2D eigenvalue weighted by molar-refractivity contribution is 0.595. The summed E-state index contributed by atoms with van der Waals surface area (Å²) in [6.07, 6.45) is 0. The van der Waals surface area contributed by atoms with Crippen LogP contribution in [0, 0.1) is 6.92 Å². The van der Waals surface area contributed by atoms with Crippen LogP contribution in [-0.2, 0) is 15.6 Å². The molecular formula is C14H13BrO2S. The summed E-state index contributed by atoms with van der Waals surface area (Å²) in [5.41, 5.74) is 1.88. The van der Waals surface area contributed by atoms with Crippen LogP contribution in [0.4, 0.5) is 0 Å². The molecule has 0 aromatic heterocycles. The van der Waals surface area contributed by atoms with Crippen LogP contribution < -0.4 is 0 Å². The number of rotatable bonds is 3. The molecule has 2 aromatic rings. The Kier molecular flexibility index (Phi) is 3.88. The Balaban J connectivity index is 2.33. The molecule has 0 spiro atoms. The molecule has 0 aliphatic rings. The standard InChI is InChI=1S/C14H13BrO2S/c1-11-4-2-5-12(8-11)10-18(16,17)14-7-3-6-13(15)9-14/h2-9H,10H2,1H3. The molecule has 0 heterocycles. The van der Waals surface area contributed by atoms with Gasteiger partial charge < -0.3 is 0 Å². The monoisotopic (exact) mass is 324 g/mol. The van der Waals surface area contributed by atoms with E-state index >= 15 is 0 Å². The molecule has 0 aliphatic carbocycles. The predicted molar refractivity (Wildman–Crippen MR) is 76.2 cm³/mol. The molecule has 0 fully saturated rings. The SMILES string of the molecule is Cc1cccc(CS(=O)(=O)c2cccc(Br)c2)c1. The normalized spacial score (nSPS) is 11.4. The van der Waals surface area contributed by atoms with Gasteiger partial charge in [-0.15, -0.1) is 0 Å². The van der Waals surface area contributed by atoms with E-state index in [0.717, 1.165) is 15.6 Å². The molecule has 18 heavy (non-hydrogen) atoms. The van der Waals surface area contributed by atoms with Gasteiger partial charge in [0.2, 0.25) is 0 Å².